The number of hydrogen-bond donors (Lipinski definition) is 0. The Labute approximate surface area is 135 Å². The molecule has 6 nitrogen and oxygen atoms in total. The van der Waals surface area contributed by atoms with Crippen LogP contribution < -0.4 is 4.74 Å². The van der Waals surface area contributed by atoms with Crippen molar-refractivity contribution in [1.29, 1.82) is 0 Å². The van der Waals surface area contributed by atoms with Gasteiger partial charge in [0.05, 0.1) is 0 Å². The summed E-state index contributed by atoms with van der Waals surface area (Å²) in [5.41, 5.74) is 0.292. The van der Waals surface area contributed by atoms with Crippen LogP contribution in [0.5, 0.6) is 5.88 Å². The van der Waals surface area contributed by atoms with Crippen molar-refractivity contribution in [1.82, 2.24) is 14.9 Å². The molecule has 7 heteroatoms. The van der Waals surface area contributed by atoms with E-state index in [2.05, 4.69) is 9.97 Å². The maximum absolute atomic E-state index is 12.0. The van der Waals surface area contributed by atoms with Crippen molar-refractivity contribution in [2.45, 2.75) is 52.2 Å². The largest absolute Gasteiger partial charge is 0.474 e. The molecule has 0 spiro atoms. The van der Waals surface area contributed by atoms with Gasteiger partial charge in [0.2, 0.25) is 11.2 Å². The van der Waals surface area contributed by atoms with Gasteiger partial charge in [-0.1, -0.05) is 0 Å². The molecule has 0 aromatic carbocycles. The smallest absolute Gasteiger partial charge is 0.410 e. The lowest BCUT2D eigenvalue weighted by Gasteiger charge is -2.33. The summed E-state index contributed by atoms with van der Waals surface area (Å²) in [5.74, 6) is 0.480. The van der Waals surface area contributed by atoms with Crippen molar-refractivity contribution < 1.29 is 14.3 Å². The van der Waals surface area contributed by atoms with Crippen LogP contribution in [0.3, 0.4) is 0 Å². The number of likely N-dealkylation sites (tertiary alicyclic amines) is 1. The molecular weight excluding hydrogens is 306 g/mol. The molecule has 1 aromatic rings. The van der Waals surface area contributed by atoms with Gasteiger partial charge in [-0.15, -0.1) is 0 Å². The molecule has 0 aliphatic carbocycles. The van der Waals surface area contributed by atoms with Crippen molar-refractivity contribution in [3.8, 4) is 5.88 Å². The van der Waals surface area contributed by atoms with E-state index in [1.165, 1.54) is 0 Å². The first-order valence-electron chi connectivity index (χ1n) is 7.39. The predicted molar refractivity (Wildman–Crippen MR) is 83.2 cm³/mol. The van der Waals surface area contributed by atoms with Gasteiger partial charge in [0.15, 0.2) is 0 Å². The van der Waals surface area contributed by atoms with Crippen LogP contribution in [0.1, 0.15) is 39.3 Å². The first-order chi connectivity index (χ1) is 10.2. The third kappa shape index (κ3) is 5.02. The van der Waals surface area contributed by atoms with Gasteiger partial charge < -0.3 is 14.4 Å². The van der Waals surface area contributed by atoms with Crippen LogP contribution >= 0.6 is 11.6 Å². The molecule has 2 heterocycles. The average molecular weight is 328 g/mol. The number of carbonyl (C=O) groups excluding carboxylic acids is 1. The van der Waals surface area contributed by atoms with Gasteiger partial charge in [-0.25, -0.2) is 9.78 Å². The monoisotopic (exact) mass is 327 g/mol. The topological polar surface area (TPSA) is 64.5 Å². The van der Waals surface area contributed by atoms with Crippen LogP contribution in [0.2, 0.25) is 5.28 Å². The summed E-state index contributed by atoms with van der Waals surface area (Å²) in [6.07, 6.45) is 1.22. The Hall–Kier alpha value is -1.56. The van der Waals surface area contributed by atoms with Crippen molar-refractivity contribution in [2.24, 2.45) is 0 Å². The number of amides is 1. The third-order valence-electron chi connectivity index (χ3n) is 3.18. The van der Waals surface area contributed by atoms with Gasteiger partial charge >= 0.3 is 6.09 Å². The summed E-state index contributed by atoms with van der Waals surface area (Å²) in [4.78, 5) is 21.8. The predicted octanol–water partition coefficient (Wildman–Crippen LogP) is 3.22. The van der Waals surface area contributed by atoms with Gasteiger partial charge in [-0.3, -0.25) is 0 Å². The summed E-state index contributed by atoms with van der Waals surface area (Å²) in [6.45, 7) is 8.64. The van der Waals surface area contributed by atoms with Crippen LogP contribution in [-0.2, 0) is 4.74 Å². The van der Waals surface area contributed by atoms with Crippen molar-refractivity contribution in [3.05, 3.63) is 17.0 Å². The van der Waals surface area contributed by atoms with E-state index in [0.29, 0.717) is 19.0 Å². The molecule has 1 saturated heterocycles. The quantitative estimate of drug-likeness (QED) is 0.780. The second kappa shape index (κ2) is 6.69. The van der Waals surface area contributed by atoms with Crippen LogP contribution in [0.4, 0.5) is 4.79 Å². The minimum atomic E-state index is -0.473. The Morgan fingerprint density at radius 1 is 1.32 bits per heavy atom. The van der Waals surface area contributed by atoms with E-state index in [1.807, 2.05) is 27.7 Å². The zero-order valence-corrected chi connectivity index (χ0v) is 14.2. The Morgan fingerprint density at radius 2 is 1.95 bits per heavy atom. The Kier molecular flexibility index (Phi) is 5.11. The van der Waals surface area contributed by atoms with E-state index in [1.54, 1.807) is 11.0 Å². The van der Waals surface area contributed by atoms with E-state index >= 15 is 0 Å². The minimum Gasteiger partial charge on any atom is -0.474 e. The summed E-state index contributed by atoms with van der Waals surface area (Å²) < 4.78 is 11.2. The van der Waals surface area contributed by atoms with E-state index in [0.717, 1.165) is 18.5 Å². The van der Waals surface area contributed by atoms with Gasteiger partial charge in [0.1, 0.15) is 11.7 Å². The van der Waals surface area contributed by atoms with Crippen LogP contribution in [-0.4, -0.2) is 45.8 Å². The van der Waals surface area contributed by atoms with E-state index in [4.69, 9.17) is 21.1 Å². The number of rotatable bonds is 2. The first kappa shape index (κ1) is 16.8. The first-order valence-corrected chi connectivity index (χ1v) is 7.76. The van der Waals surface area contributed by atoms with Crippen molar-refractivity contribution >= 4 is 17.7 Å². The fraction of sp³-hybridized carbons (Fsp3) is 0.667. The molecule has 1 aliphatic rings. The molecule has 1 fully saturated rings. The highest BCUT2D eigenvalue weighted by atomic mass is 35.5. The maximum atomic E-state index is 12.0. The molecule has 22 heavy (non-hydrogen) atoms. The highest BCUT2D eigenvalue weighted by Crippen LogP contribution is 2.20. The van der Waals surface area contributed by atoms with Crippen LogP contribution in [0, 0.1) is 6.92 Å². The second-order valence-electron chi connectivity index (χ2n) is 6.40. The van der Waals surface area contributed by atoms with Gasteiger partial charge in [0.25, 0.3) is 0 Å². The number of halogens is 1. The van der Waals surface area contributed by atoms with E-state index in [-0.39, 0.29) is 17.5 Å². The Morgan fingerprint density at radius 3 is 2.50 bits per heavy atom. The highest BCUT2D eigenvalue weighted by molar-refractivity contribution is 6.28. The molecular formula is C15H22ClN3O3. The summed E-state index contributed by atoms with van der Waals surface area (Å²) in [5, 5.41) is 0.182. The zero-order chi connectivity index (χ0) is 16.3. The molecule has 1 aliphatic heterocycles. The number of aryl methyl sites for hydroxylation is 1. The van der Waals surface area contributed by atoms with Crippen LogP contribution in [0.25, 0.3) is 0 Å². The molecule has 0 bridgehead atoms. The average Bonchev–Trinajstić information content (AvgIpc) is 2.36. The number of piperidine rings is 1. The number of ether oxygens (including phenoxy) is 2. The highest BCUT2D eigenvalue weighted by Gasteiger charge is 2.27. The molecule has 0 radical (unpaired) electrons. The lowest BCUT2D eigenvalue weighted by Crippen LogP contribution is -2.44. The number of nitrogens with zero attached hydrogens (tertiary/aromatic N) is 3. The zero-order valence-electron chi connectivity index (χ0n) is 13.4. The van der Waals surface area contributed by atoms with E-state index < -0.39 is 5.60 Å². The van der Waals surface area contributed by atoms with Crippen molar-refractivity contribution in [3.63, 3.8) is 0 Å². The molecule has 0 saturated carbocycles. The fourth-order valence-corrected chi connectivity index (χ4v) is 2.44. The maximum Gasteiger partial charge on any atom is 0.410 e. The summed E-state index contributed by atoms with van der Waals surface area (Å²) in [7, 11) is 0. The SMILES string of the molecule is Cc1cc(OC2CCN(C(=O)OC(C)(C)C)CC2)nc(Cl)n1. The summed E-state index contributed by atoms with van der Waals surface area (Å²) >= 11 is 5.82. The van der Waals surface area contributed by atoms with Gasteiger partial charge in [0, 0.05) is 37.7 Å². The normalized spacial score (nSPS) is 16.5. The standard InChI is InChI=1S/C15H22ClN3O3/c1-10-9-12(18-13(16)17-10)21-11-5-7-19(8-6-11)14(20)22-15(2,3)4/h9,11H,5-8H2,1-4H3. The fourth-order valence-electron chi connectivity index (χ4n) is 2.22. The van der Waals surface area contributed by atoms with Crippen molar-refractivity contribution in [2.75, 3.05) is 13.1 Å². The lowest BCUT2D eigenvalue weighted by atomic mass is 10.1. The molecule has 122 valence electrons. The van der Waals surface area contributed by atoms with Gasteiger partial charge in [-0.2, -0.15) is 4.98 Å². The third-order valence-corrected chi connectivity index (χ3v) is 3.35. The number of aromatic nitrogens is 2. The number of carbonyl (C=O) groups is 1. The van der Waals surface area contributed by atoms with Gasteiger partial charge in [-0.05, 0) is 39.3 Å². The molecule has 1 aromatic heterocycles. The minimum absolute atomic E-state index is 0.0176. The Balaban J connectivity index is 1.86. The van der Waals surface area contributed by atoms with Crippen LogP contribution in [0.15, 0.2) is 6.07 Å². The molecule has 0 N–H and O–H groups in total. The second-order valence-corrected chi connectivity index (χ2v) is 6.74. The summed E-state index contributed by atoms with van der Waals surface area (Å²) in [6, 6.07) is 1.76. The molecule has 0 atom stereocenters. The molecule has 0 unspecified atom stereocenters. The Bertz CT molecular complexity index is 517. The van der Waals surface area contributed by atoms with E-state index in [9.17, 15) is 4.79 Å². The number of hydrogen-bond acceptors (Lipinski definition) is 5. The molecule has 1 amide bonds. The molecule has 2 rings (SSSR count). The lowest BCUT2D eigenvalue weighted by molar-refractivity contribution is 0.0123.